The number of rotatable bonds is 5. The summed E-state index contributed by atoms with van der Waals surface area (Å²) in [7, 11) is 0. The highest BCUT2D eigenvalue weighted by molar-refractivity contribution is 5.99. The van der Waals surface area contributed by atoms with Crippen molar-refractivity contribution < 1.29 is 13.6 Å². The Bertz CT molecular complexity index is 477. The maximum atomic E-state index is 13.3. The van der Waals surface area contributed by atoms with Crippen LogP contribution in [0.15, 0.2) is 12.1 Å². The minimum Gasteiger partial charge on any atom is -0.398 e. The van der Waals surface area contributed by atoms with E-state index in [1.54, 1.807) is 4.90 Å². The highest BCUT2D eigenvalue weighted by atomic mass is 19.2. The molecule has 0 radical (unpaired) electrons. The molecule has 1 amide bonds. The number of carbonyl (C=O) groups is 1. The number of nitrogens with zero attached hydrogens (tertiary/aromatic N) is 1. The van der Waals surface area contributed by atoms with E-state index in [-0.39, 0.29) is 29.0 Å². The van der Waals surface area contributed by atoms with Crippen molar-refractivity contribution >= 4 is 11.6 Å². The largest absolute Gasteiger partial charge is 0.398 e. The molecule has 2 N–H and O–H groups in total. The van der Waals surface area contributed by atoms with Crippen molar-refractivity contribution in [2.75, 3.05) is 18.8 Å². The Morgan fingerprint density at radius 3 is 2.00 bits per heavy atom. The third kappa shape index (κ3) is 4.18. The van der Waals surface area contributed by atoms with Gasteiger partial charge in [0.05, 0.1) is 5.56 Å². The Morgan fingerprint density at radius 1 is 1.10 bits per heavy atom. The molecule has 0 aliphatic rings. The molecule has 1 aromatic rings. The monoisotopic (exact) mass is 284 g/mol. The smallest absolute Gasteiger partial charge is 0.256 e. The zero-order valence-electron chi connectivity index (χ0n) is 12.4. The average molecular weight is 284 g/mol. The van der Waals surface area contributed by atoms with Gasteiger partial charge in [-0.05, 0) is 17.9 Å². The minimum absolute atomic E-state index is 0.0187. The van der Waals surface area contributed by atoms with Gasteiger partial charge in [-0.25, -0.2) is 8.78 Å². The zero-order chi connectivity index (χ0) is 15.4. The van der Waals surface area contributed by atoms with Crippen LogP contribution < -0.4 is 5.73 Å². The molecule has 5 heteroatoms. The number of amides is 1. The Kier molecular flexibility index (Phi) is 5.48. The molecule has 3 nitrogen and oxygen atoms in total. The minimum atomic E-state index is -1.06. The van der Waals surface area contributed by atoms with Crippen molar-refractivity contribution in [1.82, 2.24) is 4.90 Å². The molecule has 0 aromatic heterocycles. The lowest BCUT2D eigenvalue weighted by Gasteiger charge is -2.27. The number of carbonyl (C=O) groups excluding carboxylic acids is 1. The maximum Gasteiger partial charge on any atom is 0.256 e. The fourth-order valence-electron chi connectivity index (χ4n) is 2.04. The summed E-state index contributed by atoms with van der Waals surface area (Å²) in [5.41, 5.74) is 5.62. The summed E-state index contributed by atoms with van der Waals surface area (Å²) in [6.45, 7) is 9.08. The zero-order valence-corrected chi connectivity index (χ0v) is 12.4. The molecule has 1 rings (SSSR count). The Hall–Kier alpha value is -1.65. The SMILES string of the molecule is CC(C)CN(CC(C)C)C(=O)c1cc(F)c(F)cc1N. The highest BCUT2D eigenvalue weighted by Gasteiger charge is 2.21. The summed E-state index contributed by atoms with van der Waals surface area (Å²) in [4.78, 5) is 14.1. The van der Waals surface area contributed by atoms with E-state index >= 15 is 0 Å². The third-order valence-electron chi connectivity index (χ3n) is 2.78. The summed E-state index contributed by atoms with van der Waals surface area (Å²) in [5.74, 6) is -1.90. The van der Waals surface area contributed by atoms with E-state index in [1.807, 2.05) is 27.7 Å². The van der Waals surface area contributed by atoms with Crippen LogP contribution in [0.25, 0.3) is 0 Å². The number of benzene rings is 1. The van der Waals surface area contributed by atoms with Gasteiger partial charge in [0, 0.05) is 24.8 Å². The third-order valence-corrected chi connectivity index (χ3v) is 2.78. The van der Waals surface area contributed by atoms with Crippen molar-refractivity contribution in [3.63, 3.8) is 0 Å². The number of nitrogens with two attached hydrogens (primary N) is 1. The fraction of sp³-hybridized carbons (Fsp3) is 0.533. The first-order chi connectivity index (χ1) is 9.22. The van der Waals surface area contributed by atoms with Crippen LogP contribution in [0.1, 0.15) is 38.1 Å². The van der Waals surface area contributed by atoms with Crippen LogP contribution in [-0.2, 0) is 0 Å². The van der Waals surface area contributed by atoms with Crippen LogP contribution in [-0.4, -0.2) is 23.9 Å². The topological polar surface area (TPSA) is 46.3 Å². The highest BCUT2D eigenvalue weighted by Crippen LogP contribution is 2.20. The van der Waals surface area contributed by atoms with Gasteiger partial charge in [0.1, 0.15) is 0 Å². The van der Waals surface area contributed by atoms with Crippen LogP contribution in [0.3, 0.4) is 0 Å². The molecule has 112 valence electrons. The molecular formula is C15H22F2N2O. The van der Waals surface area contributed by atoms with Crippen LogP contribution in [0, 0.1) is 23.5 Å². The van der Waals surface area contributed by atoms with Crippen LogP contribution >= 0.6 is 0 Å². The lowest BCUT2D eigenvalue weighted by molar-refractivity contribution is 0.0715. The van der Waals surface area contributed by atoms with E-state index in [1.165, 1.54) is 0 Å². The van der Waals surface area contributed by atoms with E-state index in [9.17, 15) is 13.6 Å². The second-order valence-corrected chi connectivity index (χ2v) is 5.85. The average Bonchev–Trinajstić information content (AvgIpc) is 2.31. The predicted octanol–water partition coefficient (Wildman–Crippen LogP) is 3.30. The van der Waals surface area contributed by atoms with Crippen molar-refractivity contribution in [3.05, 3.63) is 29.3 Å². The molecule has 0 fully saturated rings. The van der Waals surface area contributed by atoms with Gasteiger partial charge >= 0.3 is 0 Å². The number of hydrogen-bond donors (Lipinski definition) is 1. The lowest BCUT2D eigenvalue weighted by atomic mass is 10.1. The van der Waals surface area contributed by atoms with E-state index in [4.69, 9.17) is 5.73 Å². The Balaban J connectivity index is 3.08. The molecular weight excluding hydrogens is 262 g/mol. The molecule has 0 aliphatic heterocycles. The van der Waals surface area contributed by atoms with Crippen molar-refractivity contribution in [3.8, 4) is 0 Å². The van der Waals surface area contributed by atoms with E-state index < -0.39 is 11.6 Å². The molecule has 20 heavy (non-hydrogen) atoms. The Morgan fingerprint density at radius 2 is 1.55 bits per heavy atom. The molecule has 0 spiro atoms. The van der Waals surface area contributed by atoms with Crippen molar-refractivity contribution in [2.45, 2.75) is 27.7 Å². The number of anilines is 1. The first-order valence-electron chi connectivity index (χ1n) is 6.76. The van der Waals surface area contributed by atoms with Crippen molar-refractivity contribution in [1.29, 1.82) is 0 Å². The van der Waals surface area contributed by atoms with Gasteiger partial charge in [0.25, 0.3) is 5.91 Å². The number of halogens is 2. The summed E-state index contributed by atoms with van der Waals surface area (Å²) in [5, 5.41) is 0. The fourth-order valence-corrected chi connectivity index (χ4v) is 2.04. The first-order valence-corrected chi connectivity index (χ1v) is 6.76. The molecule has 0 atom stereocenters. The maximum absolute atomic E-state index is 13.3. The lowest BCUT2D eigenvalue weighted by Crippen LogP contribution is -2.37. The molecule has 0 aliphatic carbocycles. The van der Waals surface area contributed by atoms with Gasteiger partial charge in [-0.3, -0.25) is 4.79 Å². The van der Waals surface area contributed by atoms with Crippen LogP contribution in [0.5, 0.6) is 0 Å². The number of nitrogen functional groups attached to an aromatic ring is 1. The van der Waals surface area contributed by atoms with Crippen LogP contribution in [0.2, 0.25) is 0 Å². The normalized spacial score (nSPS) is 11.2. The molecule has 1 aromatic carbocycles. The summed E-state index contributed by atoms with van der Waals surface area (Å²) >= 11 is 0. The van der Waals surface area contributed by atoms with Gasteiger partial charge in [-0.2, -0.15) is 0 Å². The van der Waals surface area contributed by atoms with Crippen molar-refractivity contribution in [2.24, 2.45) is 11.8 Å². The second-order valence-electron chi connectivity index (χ2n) is 5.85. The van der Waals surface area contributed by atoms with E-state index in [2.05, 4.69) is 0 Å². The molecule has 0 unspecified atom stereocenters. The standard InChI is InChI=1S/C15H22F2N2O/c1-9(2)7-19(8-10(3)4)15(20)11-5-12(16)13(17)6-14(11)18/h5-6,9-10H,7-8,18H2,1-4H3. The molecule has 0 saturated carbocycles. The van der Waals surface area contributed by atoms with Gasteiger partial charge in [0.2, 0.25) is 0 Å². The van der Waals surface area contributed by atoms with Gasteiger partial charge in [-0.15, -0.1) is 0 Å². The second kappa shape index (κ2) is 6.68. The van der Waals surface area contributed by atoms with Gasteiger partial charge in [-0.1, -0.05) is 27.7 Å². The Labute approximate surface area is 118 Å². The molecule has 0 bridgehead atoms. The van der Waals surface area contributed by atoms with Gasteiger partial charge in [0.15, 0.2) is 11.6 Å². The quantitative estimate of drug-likeness (QED) is 0.843. The molecule has 0 saturated heterocycles. The van der Waals surface area contributed by atoms with Crippen LogP contribution in [0.4, 0.5) is 14.5 Å². The van der Waals surface area contributed by atoms with E-state index in [0.717, 1.165) is 12.1 Å². The summed E-state index contributed by atoms with van der Waals surface area (Å²) in [6, 6.07) is 1.73. The van der Waals surface area contributed by atoms with Gasteiger partial charge < -0.3 is 10.6 Å². The first kappa shape index (κ1) is 16.4. The molecule has 0 heterocycles. The summed E-state index contributed by atoms with van der Waals surface area (Å²) < 4.78 is 26.4. The summed E-state index contributed by atoms with van der Waals surface area (Å²) in [6.07, 6.45) is 0. The predicted molar refractivity (Wildman–Crippen MR) is 76.3 cm³/mol. The number of hydrogen-bond acceptors (Lipinski definition) is 2. The van der Waals surface area contributed by atoms with E-state index in [0.29, 0.717) is 13.1 Å².